The molecule has 1 aromatic rings. The Morgan fingerprint density at radius 2 is 1.71 bits per heavy atom. The van der Waals surface area contributed by atoms with Crippen LogP contribution in [0.4, 0.5) is 4.79 Å². The molecule has 0 fully saturated rings. The summed E-state index contributed by atoms with van der Waals surface area (Å²) in [4.78, 5) is 25.4. The van der Waals surface area contributed by atoms with Crippen LogP contribution >= 0.6 is 0 Å². The maximum Gasteiger partial charge on any atom is 0.329 e. The van der Waals surface area contributed by atoms with Gasteiger partial charge in [0.15, 0.2) is 0 Å². The first-order valence-corrected chi connectivity index (χ1v) is 7.33. The molecule has 0 unspecified atom stereocenters. The zero-order valence-electron chi connectivity index (χ0n) is 12.9. The summed E-state index contributed by atoms with van der Waals surface area (Å²) < 4.78 is 0. The third-order valence-electron chi connectivity index (χ3n) is 3.85. The molecule has 2 N–H and O–H groups in total. The van der Waals surface area contributed by atoms with E-state index in [9.17, 15) is 14.7 Å². The molecule has 0 bridgehead atoms. The summed E-state index contributed by atoms with van der Waals surface area (Å²) in [6, 6.07) is 9.30. The Balaban J connectivity index is 2.81. The Labute approximate surface area is 126 Å². The summed E-state index contributed by atoms with van der Waals surface area (Å²) >= 11 is 0. The second-order valence-electron chi connectivity index (χ2n) is 5.02. The van der Waals surface area contributed by atoms with Crippen LogP contribution in [0.1, 0.15) is 39.2 Å². The standard InChI is InChI=1S/C16H24N2O3/c1-4-16(5-2,14(19)20)17-15(21)18(6-3)12-13-10-8-7-9-11-13/h7-11H,4-6,12H2,1-3H3,(H,17,21)(H,19,20). The number of rotatable bonds is 7. The number of carbonyl (C=O) groups is 2. The fourth-order valence-corrected chi connectivity index (χ4v) is 2.20. The minimum atomic E-state index is -1.19. The maximum atomic E-state index is 12.4. The Morgan fingerprint density at radius 3 is 2.14 bits per heavy atom. The number of carbonyl (C=O) groups excluding carboxylic acids is 1. The Hall–Kier alpha value is -2.04. The second-order valence-corrected chi connectivity index (χ2v) is 5.02. The van der Waals surface area contributed by atoms with Crippen molar-refractivity contribution in [2.45, 2.75) is 45.7 Å². The first kappa shape index (κ1) is 17.0. The fraction of sp³-hybridized carbons (Fsp3) is 0.500. The van der Waals surface area contributed by atoms with Gasteiger partial charge < -0.3 is 15.3 Å². The summed E-state index contributed by atoms with van der Waals surface area (Å²) in [5, 5.41) is 12.1. The van der Waals surface area contributed by atoms with E-state index >= 15 is 0 Å². The molecule has 0 saturated heterocycles. The zero-order chi connectivity index (χ0) is 15.9. The third-order valence-corrected chi connectivity index (χ3v) is 3.85. The van der Waals surface area contributed by atoms with Crippen molar-refractivity contribution in [1.82, 2.24) is 10.2 Å². The maximum absolute atomic E-state index is 12.4. The van der Waals surface area contributed by atoms with Crippen molar-refractivity contribution in [2.24, 2.45) is 0 Å². The highest BCUT2D eigenvalue weighted by Crippen LogP contribution is 2.16. The second kappa shape index (κ2) is 7.67. The topological polar surface area (TPSA) is 69.6 Å². The molecule has 0 aliphatic carbocycles. The van der Waals surface area contributed by atoms with Crippen LogP contribution in [-0.2, 0) is 11.3 Å². The Kier molecular flexibility index (Phi) is 6.21. The van der Waals surface area contributed by atoms with Gasteiger partial charge in [0.1, 0.15) is 5.54 Å². The first-order chi connectivity index (χ1) is 9.99. The molecule has 5 nitrogen and oxygen atoms in total. The lowest BCUT2D eigenvalue weighted by atomic mass is 9.93. The molecule has 1 rings (SSSR count). The van der Waals surface area contributed by atoms with Crippen LogP contribution in [0.25, 0.3) is 0 Å². The summed E-state index contributed by atoms with van der Waals surface area (Å²) in [6.45, 7) is 6.40. The molecule has 0 heterocycles. The molecular formula is C16H24N2O3. The van der Waals surface area contributed by atoms with Crippen LogP contribution in [0.5, 0.6) is 0 Å². The highest BCUT2D eigenvalue weighted by molar-refractivity contribution is 5.86. The highest BCUT2D eigenvalue weighted by Gasteiger charge is 2.37. The largest absolute Gasteiger partial charge is 0.480 e. The van der Waals surface area contributed by atoms with Crippen molar-refractivity contribution in [1.29, 1.82) is 0 Å². The van der Waals surface area contributed by atoms with Gasteiger partial charge in [-0.15, -0.1) is 0 Å². The third kappa shape index (κ3) is 4.21. The van der Waals surface area contributed by atoms with E-state index in [1.807, 2.05) is 37.3 Å². The number of nitrogens with zero attached hydrogens (tertiary/aromatic N) is 1. The lowest BCUT2D eigenvalue weighted by Gasteiger charge is -2.31. The number of amides is 2. The number of aliphatic carboxylic acids is 1. The number of carboxylic acid groups (broad SMARTS) is 1. The van der Waals surface area contributed by atoms with E-state index in [2.05, 4.69) is 5.32 Å². The summed E-state index contributed by atoms with van der Waals surface area (Å²) in [5.41, 5.74) is -0.176. The monoisotopic (exact) mass is 292 g/mol. The van der Waals surface area contributed by atoms with Gasteiger partial charge in [0, 0.05) is 13.1 Å². The summed E-state index contributed by atoms with van der Waals surface area (Å²) in [7, 11) is 0. The van der Waals surface area contributed by atoms with E-state index in [-0.39, 0.29) is 6.03 Å². The summed E-state index contributed by atoms with van der Waals surface area (Å²) in [6.07, 6.45) is 0.709. The van der Waals surface area contributed by atoms with Crippen molar-refractivity contribution in [3.05, 3.63) is 35.9 Å². The molecule has 0 saturated carbocycles. The van der Waals surface area contributed by atoms with E-state index in [0.717, 1.165) is 5.56 Å². The fourth-order valence-electron chi connectivity index (χ4n) is 2.20. The average molecular weight is 292 g/mol. The van der Waals surface area contributed by atoms with Crippen LogP contribution in [0.3, 0.4) is 0 Å². The number of urea groups is 1. The lowest BCUT2D eigenvalue weighted by Crippen LogP contribution is -2.57. The Bertz CT molecular complexity index is 470. The van der Waals surface area contributed by atoms with Crippen LogP contribution in [-0.4, -0.2) is 34.1 Å². The van der Waals surface area contributed by atoms with E-state index in [1.165, 1.54) is 0 Å². The van der Waals surface area contributed by atoms with Gasteiger partial charge in [-0.25, -0.2) is 9.59 Å². The molecular weight excluding hydrogens is 268 g/mol. The van der Waals surface area contributed by atoms with Crippen molar-refractivity contribution < 1.29 is 14.7 Å². The molecule has 0 aliphatic rings. The van der Waals surface area contributed by atoms with Gasteiger partial charge in [0.2, 0.25) is 0 Å². The van der Waals surface area contributed by atoms with Crippen molar-refractivity contribution in [3.8, 4) is 0 Å². The van der Waals surface area contributed by atoms with Crippen LogP contribution < -0.4 is 5.32 Å². The smallest absolute Gasteiger partial charge is 0.329 e. The van der Waals surface area contributed by atoms with E-state index in [1.54, 1.807) is 18.7 Å². The predicted octanol–water partition coefficient (Wildman–Crippen LogP) is 2.86. The van der Waals surface area contributed by atoms with Gasteiger partial charge in [-0.2, -0.15) is 0 Å². The number of benzene rings is 1. The Morgan fingerprint density at radius 1 is 1.14 bits per heavy atom. The minimum absolute atomic E-state index is 0.340. The number of nitrogens with one attached hydrogen (secondary N) is 1. The van der Waals surface area contributed by atoms with Crippen molar-refractivity contribution in [3.63, 3.8) is 0 Å². The van der Waals surface area contributed by atoms with Gasteiger partial charge in [0.05, 0.1) is 0 Å². The summed E-state index contributed by atoms with van der Waals surface area (Å²) in [5.74, 6) is -0.989. The predicted molar refractivity (Wildman–Crippen MR) is 82.0 cm³/mol. The van der Waals surface area contributed by atoms with Gasteiger partial charge in [-0.3, -0.25) is 0 Å². The molecule has 21 heavy (non-hydrogen) atoms. The molecule has 0 radical (unpaired) electrons. The zero-order valence-corrected chi connectivity index (χ0v) is 12.9. The number of hydrogen-bond acceptors (Lipinski definition) is 2. The molecule has 5 heteroatoms. The van der Waals surface area contributed by atoms with Crippen LogP contribution in [0.15, 0.2) is 30.3 Å². The van der Waals surface area contributed by atoms with Crippen molar-refractivity contribution in [2.75, 3.05) is 6.54 Å². The van der Waals surface area contributed by atoms with E-state index < -0.39 is 11.5 Å². The molecule has 0 spiro atoms. The van der Waals surface area contributed by atoms with Crippen molar-refractivity contribution >= 4 is 12.0 Å². The quantitative estimate of drug-likeness (QED) is 0.812. The lowest BCUT2D eigenvalue weighted by molar-refractivity contribution is -0.144. The molecule has 0 atom stereocenters. The number of carboxylic acids is 1. The molecule has 0 aromatic heterocycles. The highest BCUT2D eigenvalue weighted by atomic mass is 16.4. The van der Waals surface area contributed by atoms with Gasteiger partial charge >= 0.3 is 12.0 Å². The number of hydrogen-bond donors (Lipinski definition) is 2. The molecule has 116 valence electrons. The normalized spacial score (nSPS) is 11.0. The van der Waals surface area contributed by atoms with Gasteiger partial charge in [-0.1, -0.05) is 44.2 Å². The minimum Gasteiger partial charge on any atom is -0.480 e. The first-order valence-electron chi connectivity index (χ1n) is 7.33. The molecule has 2 amide bonds. The van der Waals surface area contributed by atoms with E-state index in [4.69, 9.17) is 0 Å². The molecule has 1 aromatic carbocycles. The average Bonchev–Trinajstić information content (AvgIpc) is 2.50. The van der Waals surface area contributed by atoms with Gasteiger partial charge in [0.25, 0.3) is 0 Å². The van der Waals surface area contributed by atoms with Crippen LogP contribution in [0.2, 0.25) is 0 Å². The van der Waals surface area contributed by atoms with Crippen LogP contribution in [0, 0.1) is 0 Å². The SMILES string of the molecule is CCN(Cc1ccccc1)C(=O)NC(CC)(CC)C(=O)O. The molecule has 0 aliphatic heterocycles. The van der Waals surface area contributed by atoms with E-state index in [0.29, 0.717) is 25.9 Å². The van der Waals surface area contributed by atoms with Gasteiger partial charge in [-0.05, 0) is 25.3 Å².